The van der Waals surface area contributed by atoms with E-state index in [1.165, 1.54) is 16.6 Å². The first-order valence-electron chi connectivity index (χ1n) is 9.45. The van der Waals surface area contributed by atoms with E-state index in [1.54, 1.807) is 0 Å². The van der Waals surface area contributed by atoms with E-state index in [9.17, 15) is 24.0 Å². The molecule has 0 radical (unpaired) electrons. The van der Waals surface area contributed by atoms with E-state index in [-0.39, 0.29) is 24.0 Å². The van der Waals surface area contributed by atoms with Crippen molar-refractivity contribution in [1.82, 2.24) is 9.47 Å². The molecular weight excluding hydrogens is 415 g/mol. The number of ether oxygens (including phenoxy) is 2. The minimum absolute atomic E-state index is 0.0193. The van der Waals surface area contributed by atoms with Crippen LogP contribution < -0.4 is 10.2 Å². The number of carbonyl (C=O) groups is 4. The van der Waals surface area contributed by atoms with Crippen molar-refractivity contribution in [2.45, 2.75) is 46.0 Å². The molecule has 0 N–H and O–H groups in total. The lowest BCUT2D eigenvalue weighted by molar-refractivity contribution is -0.140. The predicted octanol–water partition coefficient (Wildman–Crippen LogP) is -0.284. The number of amides is 1. The van der Waals surface area contributed by atoms with Gasteiger partial charge < -0.3 is 32.9 Å². The zero-order chi connectivity index (χ0) is 22.9. The fraction of sp³-hybridized carbons (Fsp3) is 0.500. The Morgan fingerprint density at radius 2 is 1.77 bits per heavy atom. The molecule has 3 heterocycles. The van der Waals surface area contributed by atoms with Gasteiger partial charge in [-0.05, 0) is 13.3 Å². The number of rotatable bonds is 5. The molecule has 13 heteroatoms. The first-order valence-corrected chi connectivity index (χ1v) is 9.45. The highest BCUT2D eigenvalue weighted by Crippen LogP contribution is 2.29. The summed E-state index contributed by atoms with van der Waals surface area (Å²) in [6, 6.07) is -0.0994. The number of nitrogens with zero attached hydrogens (tertiary/aromatic N) is 2. The summed E-state index contributed by atoms with van der Waals surface area (Å²) in [5, 5.41) is 0. The van der Waals surface area contributed by atoms with Crippen molar-refractivity contribution >= 4 is 31.1 Å². The van der Waals surface area contributed by atoms with Gasteiger partial charge in [-0.25, -0.2) is 4.79 Å². The van der Waals surface area contributed by atoms with E-state index in [4.69, 9.17) is 14.1 Å². The summed E-state index contributed by atoms with van der Waals surface area (Å²) in [5.41, 5.74) is -1.43. The first-order chi connectivity index (χ1) is 14.6. The molecule has 12 nitrogen and oxygen atoms in total. The summed E-state index contributed by atoms with van der Waals surface area (Å²) in [5.74, 6) is -3.80. The van der Waals surface area contributed by atoms with Gasteiger partial charge in [0, 0.05) is 26.1 Å². The Morgan fingerprint density at radius 1 is 1.13 bits per heavy atom. The van der Waals surface area contributed by atoms with E-state index in [1.807, 2.05) is 6.92 Å². The largest absolute Gasteiger partial charge is 0.870 e. The van der Waals surface area contributed by atoms with Crippen LogP contribution in [0.5, 0.6) is 5.75 Å². The number of hydrogen-bond donors (Lipinski definition) is 0. The number of carbonyl (C=O) groups excluding carboxylic acids is 4. The Hall–Kier alpha value is -3.35. The third kappa shape index (κ3) is 4.40. The maximum absolute atomic E-state index is 13.1. The van der Waals surface area contributed by atoms with Crippen LogP contribution in [-0.4, -0.2) is 66.6 Å². The van der Waals surface area contributed by atoms with E-state index in [2.05, 4.69) is 9.31 Å². The molecule has 1 saturated heterocycles. The third-order valence-corrected chi connectivity index (χ3v) is 4.81. The molecule has 1 amide bonds. The Kier molecular flexibility index (Phi) is 6.34. The van der Waals surface area contributed by atoms with Crippen molar-refractivity contribution in [3.05, 3.63) is 27.7 Å². The van der Waals surface area contributed by atoms with Gasteiger partial charge in [0.05, 0.1) is 20.3 Å². The molecule has 0 spiro atoms. The molecule has 166 valence electrons. The zero-order valence-corrected chi connectivity index (χ0v) is 17.4. The van der Waals surface area contributed by atoms with Gasteiger partial charge in [-0.2, -0.15) is 0 Å². The molecule has 31 heavy (non-hydrogen) atoms. The van der Waals surface area contributed by atoms with Crippen LogP contribution in [-0.2, 0) is 34.8 Å². The summed E-state index contributed by atoms with van der Waals surface area (Å²) in [6.07, 6.45) is 1.21. The second kappa shape index (κ2) is 8.80. The lowest BCUT2D eigenvalue weighted by Crippen LogP contribution is -2.57. The minimum Gasteiger partial charge on any atom is -0.491 e. The number of methoxy groups -OCH3 is 1. The standard InChI is InChI=1S/C18H21BN2O10/c1-9-5-6-28-13-8-20-7-12(15(24)16(27-4)14(20)17(25)21(9)13)18(26)31-19(29-10(2)22)30-11(3)23/h7,9,13H,5-6,8H2,1-4H3/t9-,13+/m1/s1. The van der Waals surface area contributed by atoms with Crippen LogP contribution in [0, 0.1) is 0 Å². The fourth-order valence-corrected chi connectivity index (χ4v) is 3.47. The van der Waals surface area contributed by atoms with Crippen molar-refractivity contribution in [3.63, 3.8) is 0 Å². The van der Waals surface area contributed by atoms with Crippen molar-refractivity contribution in [3.8, 4) is 5.75 Å². The Balaban J connectivity index is 1.99. The molecule has 0 aromatic carbocycles. The Bertz CT molecular complexity index is 974. The molecule has 3 rings (SSSR count). The molecule has 0 bridgehead atoms. The average Bonchev–Trinajstić information content (AvgIpc) is 2.66. The van der Waals surface area contributed by atoms with Crippen LogP contribution in [0.2, 0.25) is 0 Å². The van der Waals surface area contributed by atoms with Gasteiger partial charge in [0.15, 0.2) is 17.7 Å². The number of fused-ring (bicyclic) bond motifs is 2. The molecule has 2 aliphatic heterocycles. The van der Waals surface area contributed by atoms with Crippen LogP contribution in [0.3, 0.4) is 0 Å². The number of pyridine rings is 1. The summed E-state index contributed by atoms with van der Waals surface area (Å²) >= 11 is 0. The second-order valence-corrected chi connectivity index (χ2v) is 6.99. The lowest BCUT2D eigenvalue weighted by atomic mass is 10.1. The van der Waals surface area contributed by atoms with Gasteiger partial charge in [0.2, 0.25) is 5.43 Å². The van der Waals surface area contributed by atoms with E-state index in [0.29, 0.717) is 13.0 Å². The fourth-order valence-electron chi connectivity index (χ4n) is 3.47. The SMILES string of the molecule is COc1c2n(cc(C(=O)OB(OC(C)=O)OC(C)=O)c1=O)C[C@@H]1OCC[C@@H](C)N1C2=O. The van der Waals surface area contributed by atoms with Crippen LogP contribution >= 0.6 is 0 Å². The molecule has 0 aliphatic carbocycles. The first kappa shape index (κ1) is 22.3. The molecule has 0 saturated carbocycles. The topological polar surface area (TPSA) is 140 Å². The van der Waals surface area contributed by atoms with Gasteiger partial charge in [0.25, 0.3) is 17.8 Å². The van der Waals surface area contributed by atoms with Crippen molar-refractivity contribution < 1.29 is 42.6 Å². The summed E-state index contributed by atoms with van der Waals surface area (Å²) < 4.78 is 26.3. The van der Waals surface area contributed by atoms with E-state index < -0.39 is 48.4 Å². The van der Waals surface area contributed by atoms with Crippen LogP contribution in [0.15, 0.2) is 11.0 Å². The summed E-state index contributed by atoms with van der Waals surface area (Å²) in [7, 11) is -0.781. The van der Waals surface area contributed by atoms with Gasteiger partial charge in [-0.15, -0.1) is 0 Å². The van der Waals surface area contributed by atoms with Gasteiger partial charge in [-0.3, -0.25) is 19.2 Å². The molecule has 1 aromatic rings. The predicted molar refractivity (Wildman–Crippen MR) is 102 cm³/mol. The quantitative estimate of drug-likeness (QED) is 0.566. The van der Waals surface area contributed by atoms with Crippen molar-refractivity contribution in [2.75, 3.05) is 13.7 Å². The minimum atomic E-state index is -1.98. The summed E-state index contributed by atoms with van der Waals surface area (Å²) in [6.45, 7) is 4.53. The van der Waals surface area contributed by atoms with E-state index >= 15 is 0 Å². The number of hydrogen-bond acceptors (Lipinski definition) is 10. The van der Waals surface area contributed by atoms with Crippen molar-refractivity contribution in [1.29, 1.82) is 0 Å². The Labute approximate surface area is 177 Å². The van der Waals surface area contributed by atoms with Gasteiger partial charge in [0.1, 0.15) is 5.56 Å². The molecule has 2 atom stereocenters. The van der Waals surface area contributed by atoms with Crippen LogP contribution in [0.1, 0.15) is 48.0 Å². The van der Waals surface area contributed by atoms with Gasteiger partial charge >= 0.3 is 13.3 Å². The highest BCUT2D eigenvalue weighted by Gasteiger charge is 2.42. The second-order valence-electron chi connectivity index (χ2n) is 6.99. The normalized spacial score (nSPS) is 19.6. The maximum atomic E-state index is 13.1. The maximum Gasteiger partial charge on any atom is 0.870 e. The van der Waals surface area contributed by atoms with E-state index in [0.717, 1.165) is 20.0 Å². The molecule has 0 unspecified atom stereocenters. The molecule has 1 fully saturated rings. The van der Waals surface area contributed by atoms with Crippen LogP contribution in [0.25, 0.3) is 0 Å². The third-order valence-electron chi connectivity index (χ3n) is 4.81. The zero-order valence-electron chi connectivity index (χ0n) is 17.4. The van der Waals surface area contributed by atoms with Crippen molar-refractivity contribution in [2.24, 2.45) is 0 Å². The van der Waals surface area contributed by atoms with Crippen LogP contribution in [0.4, 0.5) is 0 Å². The lowest BCUT2D eigenvalue weighted by Gasteiger charge is -2.44. The monoisotopic (exact) mass is 436 g/mol. The molecular formula is C18H21BN2O10. The molecule has 2 aliphatic rings. The number of aromatic nitrogens is 1. The highest BCUT2D eigenvalue weighted by atomic mass is 16.8. The Morgan fingerprint density at radius 3 is 2.35 bits per heavy atom. The molecule has 1 aromatic heterocycles. The average molecular weight is 436 g/mol. The van der Waals surface area contributed by atoms with Gasteiger partial charge in [-0.1, -0.05) is 0 Å². The highest BCUT2D eigenvalue weighted by molar-refractivity contribution is 6.44. The smallest absolute Gasteiger partial charge is 0.491 e. The summed E-state index contributed by atoms with van der Waals surface area (Å²) in [4.78, 5) is 62.4.